The van der Waals surface area contributed by atoms with Crippen molar-refractivity contribution in [3.8, 4) is 5.75 Å². The fraction of sp³-hybridized carbons (Fsp3) is 0.261. The summed E-state index contributed by atoms with van der Waals surface area (Å²) in [6.45, 7) is 4.00. The van der Waals surface area contributed by atoms with E-state index in [0.29, 0.717) is 12.1 Å². The molecular formula is C23H24N2O6. The number of hydrogen-bond acceptors (Lipinski definition) is 6. The summed E-state index contributed by atoms with van der Waals surface area (Å²) in [6, 6.07) is 12.8. The second kappa shape index (κ2) is 9.80. The van der Waals surface area contributed by atoms with Crippen molar-refractivity contribution in [2.75, 3.05) is 25.6 Å². The topological polar surface area (TPSA) is 95.9 Å². The van der Waals surface area contributed by atoms with Crippen LogP contribution in [0, 0.1) is 0 Å². The highest BCUT2D eigenvalue weighted by Gasteiger charge is 2.23. The lowest BCUT2D eigenvalue weighted by Crippen LogP contribution is -2.26. The molecule has 0 aliphatic carbocycles. The maximum Gasteiger partial charge on any atom is 0.397 e. The van der Waals surface area contributed by atoms with Crippen LogP contribution in [-0.2, 0) is 25.6 Å². The fourth-order valence-electron chi connectivity index (χ4n) is 3.28. The molecule has 0 unspecified atom stereocenters. The van der Waals surface area contributed by atoms with E-state index in [1.54, 1.807) is 33.1 Å². The Morgan fingerprint density at radius 1 is 1.00 bits per heavy atom. The largest absolute Gasteiger partial charge is 0.497 e. The Labute approximate surface area is 179 Å². The third kappa shape index (κ3) is 4.85. The molecule has 8 nitrogen and oxygen atoms in total. The quantitative estimate of drug-likeness (QED) is 0.461. The van der Waals surface area contributed by atoms with Crippen LogP contribution < -0.4 is 10.1 Å². The molecular weight excluding hydrogens is 400 g/mol. The van der Waals surface area contributed by atoms with Crippen LogP contribution in [0.25, 0.3) is 10.9 Å². The highest BCUT2D eigenvalue weighted by atomic mass is 16.5. The van der Waals surface area contributed by atoms with Crippen molar-refractivity contribution in [3.63, 3.8) is 0 Å². The summed E-state index contributed by atoms with van der Waals surface area (Å²) in [5.74, 6) is -1.86. The molecule has 0 bridgehead atoms. The van der Waals surface area contributed by atoms with E-state index in [-0.39, 0.29) is 24.5 Å². The zero-order valence-electron chi connectivity index (χ0n) is 17.6. The SMILES string of the molecule is CCOC(=O)C(=O)Nc1ccc2ccn(Cc3cccc(OC)c3)c2c1C(=O)OCC. The number of carbonyl (C=O) groups excluding carboxylic acids is 3. The lowest BCUT2D eigenvalue weighted by atomic mass is 10.1. The first-order valence-electron chi connectivity index (χ1n) is 9.88. The number of benzene rings is 2. The van der Waals surface area contributed by atoms with Gasteiger partial charge in [-0.05, 0) is 43.7 Å². The number of ether oxygens (including phenoxy) is 3. The molecule has 0 aliphatic heterocycles. The summed E-state index contributed by atoms with van der Waals surface area (Å²) in [7, 11) is 1.60. The van der Waals surface area contributed by atoms with Gasteiger partial charge >= 0.3 is 17.8 Å². The van der Waals surface area contributed by atoms with Crippen LogP contribution in [0.3, 0.4) is 0 Å². The minimum Gasteiger partial charge on any atom is -0.497 e. The summed E-state index contributed by atoms with van der Waals surface area (Å²) < 4.78 is 17.1. The van der Waals surface area contributed by atoms with Gasteiger partial charge in [-0.15, -0.1) is 0 Å². The summed E-state index contributed by atoms with van der Waals surface area (Å²) in [5, 5.41) is 3.27. The number of aromatic nitrogens is 1. The lowest BCUT2D eigenvalue weighted by molar-refractivity contribution is -0.152. The van der Waals surface area contributed by atoms with Gasteiger partial charge in [0, 0.05) is 18.1 Å². The van der Waals surface area contributed by atoms with Gasteiger partial charge < -0.3 is 24.1 Å². The van der Waals surface area contributed by atoms with E-state index in [2.05, 4.69) is 5.32 Å². The highest BCUT2D eigenvalue weighted by molar-refractivity contribution is 6.37. The average Bonchev–Trinajstić information content (AvgIpc) is 3.16. The predicted octanol–water partition coefficient (Wildman–Crippen LogP) is 3.38. The Morgan fingerprint density at radius 2 is 1.77 bits per heavy atom. The molecule has 1 N–H and O–H groups in total. The summed E-state index contributed by atoms with van der Waals surface area (Å²) in [4.78, 5) is 36.8. The number of rotatable bonds is 7. The number of nitrogens with one attached hydrogen (secondary N) is 1. The molecule has 3 rings (SSSR count). The van der Waals surface area contributed by atoms with Crippen LogP contribution in [-0.4, -0.2) is 42.7 Å². The lowest BCUT2D eigenvalue weighted by Gasteiger charge is -2.14. The van der Waals surface area contributed by atoms with Crippen LogP contribution in [0.2, 0.25) is 0 Å². The number of hydrogen-bond donors (Lipinski definition) is 1. The van der Waals surface area contributed by atoms with E-state index >= 15 is 0 Å². The van der Waals surface area contributed by atoms with Crippen molar-refractivity contribution >= 4 is 34.4 Å². The van der Waals surface area contributed by atoms with Crippen molar-refractivity contribution in [1.29, 1.82) is 0 Å². The first-order valence-corrected chi connectivity index (χ1v) is 9.88. The predicted molar refractivity (Wildman–Crippen MR) is 115 cm³/mol. The maximum absolute atomic E-state index is 12.8. The zero-order valence-corrected chi connectivity index (χ0v) is 17.6. The Kier molecular flexibility index (Phi) is 6.92. The van der Waals surface area contributed by atoms with E-state index < -0.39 is 17.8 Å². The van der Waals surface area contributed by atoms with Gasteiger partial charge in [-0.3, -0.25) is 4.79 Å². The van der Waals surface area contributed by atoms with Gasteiger partial charge in [-0.25, -0.2) is 9.59 Å². The number of anilines is 1. The van der Waals surface area contributed by atoms with Gasteiger partial charge in [0.25, 0.3) is 0 Å². The molecule has 31 heavy (non-hydrogen) atoms. The van der Waals surface area contributed by atoms with E-state index in [1.807, 2.05) is 41.1 Å². The van der Waals surface area contributed by atoms with Gasteiger partial charge in [0.15, 0.2) is 0 Å². The van der Waals surface area contributed by atoms with E-state index in [4.69, 9.17) is 14.2 Å². The van der Waals surface area contributed by atoms with Crippen molar-refractivity contribution in [1.82, 2.24) is 4.57 Å². The molecule has 162 valence electrons. The number of fused-ring (bicyclic) bond motifs is 1. The summed E-state index contributed by atoms with van der Waals surface area (Å²) in [5.41, 5.74) is 1.90. The molecule has 1 aromatic heterocycles. The third-order valence-electron chi connectivity index (χ3n) is 4.61. The van der Waals surface area contributed by atoms with Crippen LogP contribution in [0.4, 0.5) is 5.69 Å². The molecule has 0 aliphatic rings. The summed E-state index contributed by atoms with van der Waals surface area (Å²) >= 11 is 0. The van der Waals surface area contributed by atoms with Gasteiger partial charge in [-0.2, -0.15) is 0 Å². The van der Waals surface area contributed by atoms with Gasteiger partial charge in [0.2, 0.25) is 0 Å². The molecule has 0 saturated carbocycles. The standard InChI is InChI=1S/C23H24N2O6/c1-4-30-22(27)19-18(24-21(26)23(28)31-5-2)10-9-16-11-12-25(20(16)19)14-15-7-6-8-17(13-15)29-3/h6-13H,4-5,14H2,1-3H3,(H,24,26). The van der Waals surface area contributed by atoms with Crippen LogP contribution in [0.5, 0.6) is 5.75 Å². The smallest absolute Gasteiger partial charge is 0.397 e. The molecule has 0 atom stereocenters. The second-order valence-corrected chi connectivity index (χ2v) is 6.62. The van der Waals surface area contributed by atoms with Crippen LogP contribution in [0.1, 0.15) is 29.8 Å². The zero-order chi connectivity index (χ0) is 22.4. The second-order valence-electron chi connectivity index (χ2n) is 6.62. The van der Waals surface area contributed by atoms with Crippen molar-refractivity contribution in [2.45, 2.75) is 20.4 Å². The molecule has 3 aromatic rings. The monoisotopic (exact) mass is 424 g/mol. The number of nitrogens with zero attached hydrogens (tertiary/aromatic N) is 1. The molecule has 8 heteroatoms. The van der Waals surface area contributed by atoms with Crippen molar-refractivity contribution < 1.29 is 28.6 Å². The van der Waals surface area contributed by atoms with E-state index in [0.717, 1.165) is 16.7 Å². The highest BCUT2D eigenvalue weighted by Crippen LogP contribution is 2.29. The number of esters is 2. The van der Waals surface area contributed by atoms with Gasteiger partial charge in [-0.1, -0.05) is 18.2 Å². The van der Waals surface area contributed by atoms with E-state index in [1.165, 1.54) is 0 Å². The van der Waals surface area contributed by atoms with Crippen molar-refractivity contribution in [3.05, 3.63) is 59.8 Å². The van der Waals surface area contributed by atoms with Crippen molar-refractivity contribution in [2.24, 2.45) is 0 Å². The molecule has 0 saturated heterocycles. The minimum atomic E-state index is -1.02. The first kappa shape index (κ1) is 21.9. The normalized spacial score (nSPS) is 10.5. The Balaban J connectivity index is 2.07. The average molecular weight is 424 g/mol. The first-order chi connectivity index (χ1) is 15.0. The number of carbonyl (C=O) groups is 3. The van der Waals surface area contributed by atoms with E-state index in [9.17, 15) is 14.4 Å². The Bertz CT molecular complexity index is 1120. The van der Waals surface area contributed by atoms with Gasteiger partial charge in [0.05, 0.1) is 31.5 Å². The maximum atomic E-state index is 12.8. The minimum absolute atomic E-state index is 0.0689. The summed E-state index contributed by atoms with van der Waals surface area (Å²) in [6.07, 6.45) is 1.85. The molecule has 0 radical (unpaired) electrons. The molecule has 0 spiro atoms. The third-order valence-corrected chi connectivity index (χ3v) is 4.61. The fourth-order valence-corrected chi connectivity index (χ4v) is 3.28. The molecule has 1 amide bonds. The van der Waals surface area contributed by atoms with Crippen LogP contribution >= 0.6 is 0 Å². The molecule has 0 fully saturated rings. The molecule has 1 heterocycles. The number of amides is 1. The molecule has 2 aromatic carbocycles. The number of methoxy groups -OCH3 is 1. The Hall–Kier alpha value is -3.81. The van der Waals surface area contributed by atoms with Gasteiger partial charge in [0.1, 0.15) is 11.3 Å². The Morgan fingerprint density at radius 3 is 2.48 bits per heavy atom. The van der Waals surface area contributed by atoms with Crippen LogP contribution in [0.15, 0.2) is 48.7 Å².